The second-order valence-corrected chi connectivity index (χ2v) is 28.3. The van der Waals surface area contributed by atoms with Gasteiger partial charge in [-0.2, -0.15) is 0 Å². The fourth-order valence-electron chi connectivity index (χ4n) is 17.1. The van der Waals surface area contributed by atoms with Gasteiger partial charge < -0.3 is 27.1 Å². The van der Waals surface area contributed by atoms with Gasteiger partial charge in [0.2, 0.25) is 0 Å². The number of para-hydroxylation sites is 7. The summed E-state index contributed by atoms with van der Waals surface area (Å²) in [6.07, 6.45) is 0. The molecule has 6 heterocycles. The Kier molecular flexibility index (Phi) is 13.9. The van der Waals surface area contributed by atoms with Crippen LogP contribution in [0, 0.1) is 0 Å². The van der Waals surface area contributed by atoms with Crippen molar-refractivity contribution in [2.75, 3.05) is 0 Å². The van der Waals surface area contributed by atoms with E-state index in [4.69, 9.17) is 8.83 Å². The van der Waals surface area contributed by atoms with Crippen LogP contribution in [-0.4, -0.2) is 18.3 Å². The van der Waals surface area contributed by atoms with Crippen molar-refractivity contribution in [1.29, 1.82) is 0 Å². The van der Waals surface area contributed by atoms with Crippen LogP contribution in [-0.2, 0) is 0 Å². The molecule has 23 aromatic rings. The number of hydrogen-bond donors (Lipinski definition) is 0. The van der Waals surface area contributed by atoms with Crippen LogP contribution < -0.4 is 0 Å². The molecule has 504 valence electrons. The van der Waals surface area contributed by atoms with E-state index >= 15 is 0 Å². The third-order valence-corrected chi connectivity index (χ3v) is 22.3. The molecule has 0 saturated heterocycles. The lowest BCUT2D eigenvalue weighted by Gasteiger charge is -2.11. The molecule has 6 heteroatoms. The fraction of sp³-hybridized carbons (Fsp3) is 0. The van der Waals surface area contributed by atoms with Crippen molar-refractivity contribution in [1.82, 2.24) is 18.3 Å². The number of hydrogen-bond acceptors (Lipinski definition) is 2. The van der Waals surface area contributed by atoms with Crippen molar-refractivity contribution in [3.05, 3.63) is 388 Å². The van der Waals surface area contributed by atoms with Gasteiger partial charge in [0.1, 0.15) is 22.3 Å². The fourth-order valence-corrected chi connectivity index (χ4v) is 17.1. The third-order valence-electron chi connectivity index (χ3n) is 22.3. The molecular weight excluding hydrogens is 1310 g/mol. The standard InChI is InChI=1S/C54H34N2O.C48H30N2O/c1-2-10-35(11-3-1)36-18-25-41(26-19-36)55-50-16-8-5-13-44(50)47-32-39(23-30-51(47)55)40-22-29-45-43-12-4-7-15-49(43)56(52(45)34-40)42-27-20-37(21-28-42)38-24-31-54-48(33-38)46-14-6-9-17-53(46)57-54;1-2-10-35(11-3-1)49-44-16-8-5-13-38(44)41-28-33(21-26-45(41)49)34-20-25-39-37-12-4-7-15-43(37)50(46(39)30-34)36-23-18-31(19-24-36)32-22-27-48-42(29-32)40-14-6-9-17-47(40)51-48/h1-34H;1-30H. The molecule has 0 fully saturated rings. The van der Waals surface area contributed by atoms with E-state index in [9.17, 15) is 0 Å². The topological polar surface area (TPSA) is 46.0 Å². The van der Waals surface area contributed by atoms with Crippen LogP contribution >= 0.6 is 0 Å². The molecule has 0 atom stereocenters. The number of fused-ring (bicyclic) bond motifs is 18. The van der Waals surface area contributed by atoms with Crippen LogP contribution in [0.15, 0.2) is 397 Å². The molecule has 0 saturated carbocycles. The zero-order valence-electron chi connectivity index (χ0n) is 58.6. The van der Waals surface area contributed by atoms with Crippen LogP contribution in [0.25, 0.3) is 209 Å². The summed E-state index contributed by atoms with van der Waals surface area (Å²) >= 11 is 0. The van der Waals surface area contributed by atoms with Crippen LogP contribution in [0.4, 0.5) is 0 Å². The van der Waals surface area contributed by atoms with Crippen LogP contribution in [0.1, 0.15) is 0 Å². The average molecular weight is 1380 g/mol. The van der Waals surface area contributed by atoms with E-state index in [1.54, 1.807) is 0 Å². The predicted molar refractivity (Wildman–Crippen MR) is 452 cm³/mol. The highest BCUT2D eigenvalue weighted by atomic mass is 16.3. The van der Waals surface area contributed by atoms with E-state index in [-0.39, 0.29) is 0 Å². The molecule has 0 bridgehead atoms. The maximum atomic E-state index is 6.11. The smallest absolute Gasteiger partial charge is 0.135 e. The number of benzene rings is 17. The Balaban J connectivity index is 0.000000135. The van der Waals surface area contributed by atoms with Crippen LogP contribution in [0.2, 0.25) is 0 Å². The molecule has 0 unspecified atom stereocenters. The Labute approximate surface area is 620 Å². The minimum Gasteiger partial charge on any atom is -0.456 e. The van der Waals surface area contributed by atoms with Gasteiger partial charge in [-0.15, -0.1) is 0 Å². The Morgan fingerprint density at radius 2 is 0.370 bits per heavy atom. The normalized spacial score (nSPS) is 11.9. The molecule has 0 aliphatic carbocycles. The lowest BCUT2D eigenvalue weighted by molar-refractivity contribution is 0.668. The molecule has 6 aromatic heterocycles. The molecule has 108 heavy (non-hydrogen) atoms. The van der Waals surface area contributed by atoms with Crippen molar-refractivity contribution in [3.63, 3.8) is 0 Å². The summed E-state index contributed by atoms with van der Waals surface area (Å²) < 4.78 is 21.8. The summed E-state index contributed by atoms with van der Waals surface area (Å²) in [5.41, 5.74) is 29.8. The molecule has 0 aliphatic rings. The highest BCUT2D eigenvalue weighted by Crippen LogP contribution is 2.43. The van der Waals surface area contributed by atoms with Gasteiger partial charge in [0.15, 0.2) is 0 Å². The molecule has 0 aliphatic heterocycles. The highest BCUT2D eigenvalue weighted by Gasteiger charge is 2.21. The lowest BCUT2D eigenvalue weighted by atomic mass is 10.0. The summed E-state index contributed by atoms with van der Waals surface area (Å²) in [7, 11) is 0. The molecule has 23 rings (SSSR count). The highest BCUT2D eigenvalue weighted by molar-refractivity contribution is 6.16. The first-order valence-corrected chi connectivity index (χ1v) is 36.9. The summed E-state index contributed by atoms with van der Waals surface area (Å²) in [5, 5.41) is 14.6. The van der Waals surface area contributed by atoms with Gasteiger partial charge in [0, 0.05) is 87.4 Å². The minimum absolute atomic E-state index is 0.913. The quantitative estimate of drug-likeness (QED) is 0.145. The Hall–Kier alpha value is -14.5. The lowest BCUT2D eigenvalue weighted by Crippen LogP contribution is -1.94. The van der Waals surface area contributed by atoms with Crippen molar-refractivity contribution >= 4 is 131 Å². The zero-order chi connectivity index (χ0) is 70.9. The van der Waals surface area contributed by atoms with Crippen molar-refractivity contribution in [2.24, 2.45) is 0 Å². The molecule has 6 nitrogen and oxygen atoms in total. The zero-order valence-corrected chi connectivity index (χ0v) is 58.6. The predicted octanol–water partition coefficient (Wildman–Crippen LogP) is 27.9. The second-order valence-electron chi connectivity index (χ2n) is 28.3. The van der Waals surface area contributed by atoms with Gasteiger partial charge >= 0.3 is 0 Å². The van der Waals surface area contributed by atoms with Crippen LogP contribution in [0.3, 0.4) is 0 Å². The number of rotatable bonds is 9. The minimum atomic E-state index is 0.913. The number of aromatic nitrogens is 4. The summed E-state index contributed by atoms with van der Waals surface area (Å²) in [6.45, 7) is 0. The maximum absolute atomic E-state index is 6.11. The summed E-state index contributed by atoms with van der Waals surface area (Å²) in [6, 6.07) is 140. The van der Waals surface area contributed by atoms with Gasteiger partial charge in [-0.25, -0.2) is 0 Å². The Morgan fingerprint density at radius 1 is 0.130 bits per heavy atom. The second kappa shape index (κ2) is 24.6. The summed E-state index contributed by atoms with van der Waals surface area (Å²) in [4.78, 5) is 0. The largest absolute Gasteiger partial charge is 0.456 e. The first kappa shape index (κ1) is 61.1. The maximum Gasteiger partial charge on any atom is 0.135 e. The first-order chi connectivity index (χ1) is 53.5. The number of nitrogens with zero attached hydrogens (tertiary/aromatic N) is 4. The van der Waals surface area contributed by atoms with Gasteiger partial charge in [-0.1, -0.05) is 243 Å². The molecule has 17 aromatic carbocycles. The van der Waals surface area contributed by atoms with Crippen molar-refractivity contribution in [3.8, 4) is 78.4 Å². The summed E-state index contributed by atoms with van der Waals surface area (Å²) in [5.74, 6) is 0. The molecule has 0 spiro atoms. The van der Waals surface area contributed by atoms with Crippen molar-refractivity contribution in [2.45, 2.75) is 0 Å². The van der Waals surface area contributed by atoms with E-state index in [1.807, 2.05) is 24.3 Å². The average Bonchev–Trinajstić information content (AvgIpc) is 1.59. The third kappa shape index (κ3) is 9.88. The van der Waals surface area contributed by atoms with E-state index < -0.39 is 0 Å². The Morgan fingerprint density at radius 3 is 0.787 bits per heavy atom. The number of furan rings is 2. The van der Waals surface area contributed by atoms with Gasteiger partial charge in [-0.3, -0.25) is 0 Å². The van der Waals surface area contributed by atoms with Gasteiger partial charge in [-0.05, 0) is 201 Å². The molecule has 0 amide bonds. The Bertz CT molecular complexity index is 7510. The molecule has 0 N–H and O–H groups in total. The van der Waals surface area contributed by atoms with E-state index in [2.05, 4.69) is 382 Å². The van der Waals surface area contributed by atoms with Crippen molar-refractivity contribution < 1.29 is 8.83 Å². The van der Waals surface area contributed by atoms with E-state index in [0.29, 0.717) is 0 Å². The first-order valence-electron chi connectivity index (χ1n) is 36.9. The molecule has 0 radical (unpaired) electrons. The van der Waals surface area contributed by atoms with Gasteiger partial charge in [0.05, 0.1) is 44.1 Å². The van der Waals surface area contributed by atoms with E-state index in [1.165, 1.54) is 149 Å². The SMILES string of the molecule is c1ccc(-c2ccc(-n3c4ccccc4c4cc(-c5ccc6c7ccccc7n(-c7ccc(-c8ccc9oc%10ccccc%10c9c8)cc7)c6c5)ccc43)cc2)cc1.c1ccc(-n2c3ccccc3c3cc(-c4ccc5c6ccccc6n(-c6ccc(-c7ccc8oc9ccccc9c8c7)cc6)c5c4)ccc32)cc1. The van der Waals surface area contributed by atoms with E-state index in [0.717, 1.165) is 60.9 Å². The molecular formula is C102H64N4O2. The van der Waals surface area contributed by atoms with Gasteiger partial charge in [0.25, 0.3) is 0 Å². The van der Waals surface area contributed by atoms with Crippen LogP contribution in [0.5, 0.6) is 0 Å². The monoisotopic (exact) mass is 1380 g/mol.